The third kappa shape index (κ3) is 1.82. The molecule has 0 radical (unpaired) electrons. The first kappa shape index (κ1) is 8.73. The van der Waals surface area contributed by atoms with Crippen LogP contribution in [0.1, 0.15) is 6.92 Å². The van der Waals surface area contributed by atoms with Crippen LogP contribution in [0.5, 0.6) is 0 Å². The summed E-state index contributed by atoms with van der Waals surface area (Å²) in [6.45, 7) is 1.69. The third-order valence-electron chi connectivity index (χ3n) is 1.56. The zero-order valence-corrected chi connectivity index (χ0v) is 6.77. The molecule has 0 amide bonds. The molecule has 0 aliphatic heterocycles. The quantitative estimate of drug-likeness (QED) is 0.650. The van der Waals surface area contributed by atoms with E-state index in [0.717, 1.165) is 0 Å². The number of hydrogen-bond acceptors (Lipinski definition) is 3. The predicted molar refractivity (Wildman–Crippen MR) is 42.5 cm³/mol. The Labute approximate surface area is 69.8 Å². The summed E-state index contributed by atoms with van der Waals surface area (Å²) in [4.78, 5) is 14.4. The normalized spacial score (nSPS) is 15.5. The van der Waals surface area contributed by atoms with Crippen LogP contribution in [0, 0.1) is 0 Å². The van der Waals surface area contributed by atoms with Crippen molar-refractivity contribution in [3.63, 3.8) is 0 Å². The number of carbonyl (C=O) groups is 1. The van der Waals surface area contributed by atoms with Gasteiger partial charge in [0, 0.05) is 12.4 Å². The maximum atomic E-state index is 10.6. The van der Waals surface area contributed by atoms with E-state index in [1.165, 1.54) is 13.3 Å². The molecule has 0 saturated carbocycles. The monoisotopic (exact) mass is 169 g/mol. The number of hydrogen-bond donors (Lipinski definition) is 2. The lowest BCUT2D eigenvalue weighted by Crippen LogP contribution is -2.48. The van der Waals surface area contributed by atoms with Crippen molar-refractivity contribution in [1.29, 1.82) is 0 Å². The number of carboxylic acid groups (broad SMARTS) is 1. The summed E-state index contributed by atoms with van der Waals surface area (Å²) in [6, 6.07) is 0. The van der Waals surface area contributed by atoms with E-state index in [1.54, 1.807) is 17.0 Å². The molecule has 12 heavy (non-hydrogen) atoms. The smallest absolute Gasteiger partial charge is 0.325 e. The molecule has 1 rings (SSSR count). The fraction of sp³-hybridized carbons (Fsp3) is 0.429. The SMILES string of the molecule is CC(N)(Cn1ccnc1)C(=O)O. The van der Waals surface area contributed by atoms with E-state index in [4.69, 9.17) is 10.8 Å². The van der Waals surface area contributed by atoms with E-state index in [0.29, 0.717) is 0 Å². The van der Waals surface area contributed by atoms with Gasteiger partial charge in [-0.1, -0.05) is 0 Å². The van der Waals surface area contributed by atoms with Crippen molar-refractivity contribution in [3.05, 3.63) is 18.7 Å². The molecular formula is C7H11N3O2. The summed E-state index contributed by atoms with van der Waals surface area (Å²) in [5.41, 5.74) is 4.27. The van der Waals surface area contributed by atoms with Gasteiger partial charge in [0.1, 0.15) is 5.54 Å². The first-order valence-corrected chi connectivity index (χ1v) is 3.50. The molecule has 1 atom stereocenters. The third-order valence-corrected chi connectivity index (χ3v) is 1.56. The Kier molecular flexibility index (Phi) is 2.14. The minimum absolute atomic E-state index is 0.225. The molecule has 5 nitrogen and oxygen atoms in total. The predicted octanol–water partition coefficient (Wildman–Crippen LogP) is -0.315. The van der Waals surface area contributed by atoms with Crippen molar-refractivity contribution in [2.45, 2.75) is 19.0 Å². The molecule has 0 aliphatic rings. The van der Waals surface area contributed by atoms with Gasteiger partial charge in [-0.05, 0) is 6.92 Å². The minimum Gasteiger partial charge on any atom is -0.480 e. The van der Waals surface area contributed by atoms with Crippen LogP contribution < -0.4 is 5.73 Å². The van der Waals surface area contributed by atoms with Crippen LogP contribution >= 0.6 is 0 Å². The van der Waals surface area contributed by atoms with Gasteiger partial charge in [0.2, 0.25) is 0 Å². The highest BCUT2D eigenvalue weighted by Gasteiger charge is 2.27. The molecule has 66 valence electrons. The molecular weight excluding hydrogens is 158 g/mol. The minimum atomic E-state index is -1.24. The maximum absolute atomic E-state index is 10.6. The van der Waals surface area contributed by atoms with E-state index in [-0.39, 0.29) is 6.54 Å². The van der Waals surface area contributed by atoms with Gasteiger partial charge >= 0.3 is 5.97 Å². The van der Waals surface area contributed by atoms with Gasteiger partial charge in [0.25, 0.3) is 0 Å². The van der Waals surface area contributed by atoms with Crippen LogP contribution in [0.3, 0.4) is 0 Å². The van der Waals surface area contributed by atoms with Crippen molar-refractivity contribution in [2.24, 2.45) is 5.73 Å². The summed E-state index contributed by atoms with van der Waals surface area (Å²) >= 11 is 0. The largest absolute Gasteiger partial charge is 0.480 e. The van der Waals surface area contributed by atoms with Crippen LogP contribution in [-0.2, 0) is 11.3 Å². The van der Waals surface area contributed by atoms with Gasteiger partial charge in [0.15, 0.2) is 0 Å². The molecule has 0 fully saturated rings. The Hall–Kier alpha value is -1.36. The summed E-state index contributed by atoms with van der Waals surface area (Å²) in [5.74, 6) is -1.02. The van der Waals surface area contributed by atoms with Crippen LogP contribution in [-0.4, -0.2) is 26.2 Å². The fourth-order valence-corrected chi connectivity index (χ4v) is 0.827. The highest BCUT2D eigenvalue weighted by atomic mass is 16.4. The Morgan fingerprint density at radius 2 is 2.50 bits per heavy atom. The van der Waals surface area contributed by atoms with Crippen LogP contribution in [0.4, 0.5) is 0 Å². The molecule has 1 unspecified atom stereocenters. The Balaban J connectivity index is 2.69. The number of aromatic nitrogens is 2. The standard InChI is InChI=1S/C7H11N3O2/c1-7(8,6(11)12)4-10-3-2-9-5-10/h2-3,5H,4,8H2,1H3,(H,11,12). The van der Waals surface area contributed by atoms with E-state index in [2.05, 4.69) is 4.98 Å². The number of imidazole rings is 1. The number of rotatable bonds is 3. The van der Waals surface area contributed by atoms with Gasteiger partial charge in [-0.25, -0.2) is 4.98 Å². The average molecular weight is 169 g/mol. The highest BCUT2D eigenvalue weighted by molar-refractivity contribution is 5.77. The van der Waals surface area contributed by atoms with Crippen molar-refractivity contribution in [1.82, 2.24) is 9.55 Å². The summed E-state index contributed by atoms with van der Waals surface area (Å²) < 4.78 is 1.63. The van der Waals surface area contributed by atoms with E-state index < -0.39 is 11.5 Å². The fourth-order valence-electron chi connectivity index (χ4n) is 0.827. The highest BCUT2D eigenvalue weighted by Crippen LogP contribution is 2.03. The van der Waals surface area contributed by atoms with Crippen LogP contribution in [0.15, 0.2) is 18.7 Å². The van der Waals surface area contributed by atoms with Crippen molar-refractivity contribution in [3.8, 4) is 0 Å². The first-order chi connectivity index (χ1) is 5.52. The van der Waals surface area contributed by atoms with Crippen LogP contribution in [0.25, 0.3) is 0 Å². The lowest BCUT2D eigenvalue weighted by molar-refractivity contribution is -0.143. The average Bonchev–Trinajstić information content (AvgIpc) is 2.38. The second-order valence-corrected chi connectivity index (χ2v) is 2.96. The van der Waals surface area contributed by atoms with E-state index in [9.17, 15) is 4.79 Å². The molecule has 0 saturated heterocycles. The number of nitrogens with zero attached hydrogens (tertiary/aromatic N) is 2. The molecule has 5 heteroatoms. The molecule has 0 aliphatic carbocycles. The number of nitrogens with two attached hydrogens (primary N) is 1. The summed E-state index contributed by atoms with van der Waals surface area (Å²) in [6.07, 6.45) is 4.79. The van der Waals surface area contributed by atoms with Crippen molar-refractivity contribution in [2.75, 3.05) is 0 Å². The second kappa shape index (κ2) is 2.94. The van der Waals surface area contributed by atoms with Gasteiger partial charge in [-0.15, -0.1) is 0 Å². The van der Waals surface area contributed by atoms with Crippen LogP contribution in [0.2, 0.25) is 0 Å². The Morgan fingerprint density at radius 1 is 1.83 bits per heavy atom. The lowest BCUT2D eigenvalue weighted by atomic mass is 10.1. The van der Waals surface area contributed by atoms with Crippen molar-refractivity contribution >= 4 is 5.97 Å². The molecule has 1 aromatic rings. The first-order valence-electron chi connectivity index (χ1n) is 3.50. The molecule has 0 bridgehead atoms. The van der Waals surface area contributed by atoms with Gasteiger partial charge in [-0.3, -0.25) is 4.79 Å². The number of carboxylic acids is 1. The van der Waals surface area contributed by atoms with Crippen molar-refractivity contribution < 1.29 is 9.90 Å². The topological polar surface area (TPSA) is 81.1 Å². The molecule has 0 aromatic carbocycles. The molecule has 1 heterocycles. The zero-order valence-electron chi connectivity index (χ0n) is 6.77. The molecule has 1 aromatic heterocycles. The van der Waals surface area contributed by atoms with Gasteiger partial charge < -0.3 is 15.4 Å². The molecule has 3 N–H and O–H groups in total. The van der Waals surface area contributed by atoms with Gasteiger partial charge in [0.05, 0.1) is 12.9 Å². The Morgan fingerprint density at radius 3 is 2.92 bits per heavy atom. The lowest BCUT2D eigenvalue weighted by Gasteiger charge is -2.18. The summed E-state index contributed by atoms with van der Waals surface area (Å²) in [7, 11) is 0. The number of aliphatic carboxylic acids is 1. The second-order valence-electron chi connectivity index (χ2n) is 2.96. The molecule has 0 spiro atoms. The Bertz CT molecular complexity index is 266. The summed E-state index contributed by atoms with van der Waals surface area (Å²) in [5, 5.41) is 8.68. The van der Waals surface area contributed by atoms with E-state index in [1.807, 2.05) is 0 Å². The van der Waals surface area contributed by atoms with Gasteiger partial charge in [-0.2, -0.15) is 0 Å². The zero-order chi connectivity index (χ0) is 9.19. The maximum Gasteiger partial charge on any atom is 0.325 e. The van der Waals surface area contributed by atoms with E-state index >= 15 is 0 Å².